The fraction of sp³-hybridized carbons (Fsp3) is 0.333. The highest BCUT2D eigenvalue weighted by molar-refractivity contribution is 6.07. The molecule has 31 heavy (non-hydrogen) atoms. The molecule has 0 radical (unpaired) electrons. The lowest BCUT2D eigenvalue weighted by Gasteiger charge is -2.44. The zero-order valence-electron chi connectivity index (χ0n) is 18.1. The van der Waals surface area contributed by atoms with Gasteiger partial charge in [-0.1, -0.05) is 24.3 Å². The number of benzene rings is 2. The van der Waals surface area contributed by atoms with Crippen LogP contribution in [-0.2, 0) is 9.59 Å². The normalized spacial score (nSPS) is 19.5. The van der Waals surface area contributed by atoms with Crippen LogP contribution in [0.25, 0.3) is 0 Å². The van der Waals surface area contributed by atoms with Crippen molar-refractivity contribution < 1.29 is 14.3 Å². The molecule has 0 spiro atoms. The van der Waals surface area contributed by atoms with Crippen LogP contribution < -0.4 is 9.64 Å². The van der Waals surface area contributed by atoms with Crippen molar-refractivity contribution in [3.05, 3.63) is 82.2 Å². The molecule has 4 nitrogen and oxygen atoms in total. The lowest BCUT2D eigenvalue weighted by molar-refractivity contribution is -0.116. The number of hydrogen-bond acceptors (Lipinski definition) is 4. The van der Waals surface area contributed by atoms with Crippen molar-refractivity contribution in [2.75, 3.05) is 12.0 Å². The molecule has 0 saturated heterocycles. The molecule has 0 fully saturated rings. The van der Waals surface area contributed by atoms with Gasteiger partial charge >= 0.3 is 0 Å². The van der Waals surface area contributed by atoms with Crippen molar-refractivity contribution >= 4 is 17.3 Å². The number of carbonyl (C=O) groups is 2. The van der Waals surface area contributed by atoms with E-state index in [1.165, 1.54) is 5.56 Å². The van der Waals surface area contributed by atoms with Gasteiger partial charge in [-0.2, -0.15) is 0 Å². The Labute approximate surface area is 183 Å². The molecule has 0 N–H and O–H groups in total. The third-order valence-electron chi connectivity index (χ3n) is 6.68. The van der Waals surface area contributed by atoms with E-state index in [2.05, 4.69) is 36.1 Å². The van der Waals surface area contributed by atoms with E-state index in [9.17, 15) is 9.59 Å². The van der Waals surface area contributed by atoms with Gasteiger partial charge < -0.3 is 9.64 Å². The van der Waals surface area contributed by atoms with Crippen LogP contribution in [0.15, 0.2) is 71.1 Å². The maximum atomic E-state index is 13.3. The second-order valence-electron chi connectivity index (χ2n) is 8.65. The fourth-order valence-electron chi connectivity index (χ4n) is 5.33. The molecule has 2 aliphatic carbocycles. The molecule has 0 amide bonds. The van der Waals surface area contributed by atoms with Crippen LogP contribution >= 0.6 is 0 Å². The molecule has 2 aromatic carbocycles. The number of hydrogen-bond donors (Lipinski definition) is 0. The van der Waals surface area contributed by atoms with Gasteiger partial charge in [0.25, 0.3) is 0 Å². The second-order valence-corrected chi connectivity index (χ2v) is 8.65. The van der Waals surface area contributed by atoms with E-state index < -0.39 is 0 Å². The van der Waals surface area contributed by atoms with Gasteiger partial charge in [0.15, 0.2) is 11.6 Å². The molecule has 158 valence electrons. The Balaban J connectivity index is 1.76. The molecule has 0 saturated carbocycles. The van der Waals surface area contributed by atoms with Crippen LogP contribution in [0.3, 0.4) is 0 Å². The Kier molecular flexibility index (Phi) is 5.01. The van der Waals surface area contributed by atoms with Crippen molar-refractivity contribution in [1.82, 2.24) is 0 Å². The maximum Gasteiger partial charge on any atom is 0.161 e. The summed E-state index contributed by atoms with van der Waals surface area (Å²) in [5.41, 5.74) is 7.00. The summed E-state index contributed by atoms with van der Waals surface area (Å²) in [6.07, 6.45) is 4.50. The number of ether oxygens (including phenoxy) is 1. The van der Waals surface area contributed by atoms with Crippen molar-refractivity contribution in [2.24, 2.45) is 0 Å². The Morgan fingerprint density at radius 3 is 2.00 bits per heavy atom. The number of anilines is 1. The first-order valence-corrected chi connectivity index (χ1v) is 11.1. The van der Waals surface area contributed by atoms with Crippen LogP contribution in [0.1, 0.15) is 55.6 Å². The summed E-state index contributed by atoms with van der Waals surface area (Å²) >= 11 is 0. The Hall–Kier alpha value is -3.14. The van der Waals surface area contributed by atoms with Crippen molar-refractivity contribution in [1.29, 1.82) is 0 Å². The Morgan fingerprint density at radius 2 is 1.45 bits per heavy atom. The van der Waals surface area contributed by atoms with E-state index in [-0.39, 0.29) is 17.5 Å². The molecular formula is C27H27NO3. The van der Waals surface area contributed by atoms with Crippen LogP contribution in [0.2, 0.25) is 0 Å². The fourth-order valence-corrected chi connectivity index (χ4v) is 5.33. The highest BCUT2D eigenvalue weighted by Crippen LogP contribution is 2.50. The summed E-state index contributed by atoms with van der Waals surface area (Å²) in [5, 5.41) is 0. The highest BCUT2D eigenvalue weighted by atomic mass is 16.5. The Bertz CT molecular complexity index is 1080. The predicted molar refractivity (Wildman–Crippen MR) is 121 cm³/mol. The lowest BCUT2D eigenvalue weighted by Crippen LogP contribution is -2.39. The van der Waals surface area contributed by atoms with Crippen molar-refractivity contribution in [2.45, 2.75) is 51.4 Å². The van der Waals surface area contributed by atoms with Gasteiger partial charge in [0.05, 0.1) is 7.11 Å². The molecule has 5 rings (SSSR count). The topological polar surface area (TPSA) is 46.6 Å². The van der Waals surface area contributed by atoms with Gasteiger partial charge in [-0.3, -0.25) is 9.59 Å². The second kappa shape index (κ2) is 7.84. The minimum atomic E-state index is -0.280. The van der Waals surface area contributed by atoms with Crippen LogP contribution in [0.4, 0.5) is 5.69 Å². The summed E-state index contributed by atoms with van der Waals surface area (Å²) in [6.45, 7) is 2.08. The predicted octanol–water partition coefficient (Wildman–Crippen LogP) is 5.62. The molecule has 3 aliphatic rings. The van der Waals surface area contributed by atoms with Crippen LogP contribution in [0, 0.1) is 6.92 Å². The molecule has 4 heteroatoms. The molecule has 0 atom stereocenters. The van der Waals surface area contributed by atoms with Crippen molar-refractivity contribution in [3.8, 4) is 5.75 Å². The standard InChI is InChI=1S/C27H27NO3/c1-17-6-3-7-19(16-17)28-21-8-4-10-23(29)26(21)25(18-12-14-20(31-2)15-13-18)27-22(28)9-5-11-24(27)30/h3,6-7,12-16,25H,4-5,8-11H2,1-2H3. The minimum absolute atomic E-state index is 0.171. The smallest absolute Gasteiger partial charge is 0.161 e. The number of methoxy groups -OCH3 is 1. The average molecular weight is 414 g/mol. The molecule has 0 unspecified atom stereocenters. The summed E-state index contributed by atoms with van der Waals surface area (Å²) in [5.74, 6) is 0.834. The van der Waals surface area contributed by atoms with Crippen molar-refractivity contribution in [3.63, 3.8) is 0 Å². The molecule has 0 bridgehead atoms. The maximum absolute atomic E-state index is 13.3. The SMILES string of the molecule is COc1ccc(C2C3=C(CCCC3=O)N(c3cccc(C)c3)C3=C2C(=O)CCC3)cc1. The number of rotatable bonds is 3. The number of ketones is 2. The largest absolute Gasteiger partial charge is 0.497 e. The third-order valence-corrected chi connectivity index (χ3v) is 6.68. The van der Waals surface area contributed by atoms with Gasteiger partial charge in [-0.15, -0.1) is 0 Å². The molecule has 0 aromatic heterocycles. The number of aryl methyl sites for hydroxylation is 1. The van der Waals surface area contributed by atoms with Gasteiger partial charge in [-0.25, -0.2) is 0 Å². The Morgan fingerprint density at radius 1 is 0.839 bits per heavy atom. The lowest BCUT2D eigenvalue weighted by atomic mass is 9.71. The number of allylic oxidation sites excluding steroid dienone is 4. The van der Waals surface area contributed by atoms with Gasteiger partial charge in [0.1, 0.15) is 5.75 Å². The third kappa shape index (κ3) is 3.31. The highest BCUT2D eigenvalue weighted by Gasteiger charge is 2.43. The van der Waals surface area contributed by atoms with E-state index in [0.717, 1.165) is 65.2 Å². The monoisotopic (exact) mass is 413 g/mol. The first kappa shape index (κ1) is 19.8. The van der Waals surface area contributed by atoms with Gasteiger partial charge in [-0.05, 0) is 68.0 Å². The van der Waals surface area contributed by atoms with Crippen LogP contribution in [0.5, 0.6) is 5.75 Å². The van der Waals surface area contributed by atoms with E-state index in [1.54, 1.807) is 7.11 Å². The average Bonchev–Trinajstić information content (AvgIpc) is 2.78. The van der Waals surface area contributed by atoms with E-state index in [1.807, 2.05) is 24.3 Å². The first-order chi connectivity index (χ1) is 15.1. The number of carbonyl (C=O) groups excluding carboxylic acids is 2. The summed E-state index contributed by atoms with van der Waals surface area (Å²) in [7, 11) is 1.64. The first-order valence-electron chi connectivity index (χ1n) is 11.1. The quantitative estimate of drug-likeness (QED) is 0.655. The summed E-state index contributed by atoms with van der Waals surface area (Å²) in [4.78, 5) is 28.9. The number of Topliss-reactive ketones (excluding diaryl/α,β-unsaturated/α-hetero) is 2. The van der Waals surface area contributed by atoms with Crippen LogP contribution in [-0.4, -0.2) is 18.7 Å². The zero-order valence-corrected chi connectivity index (χ0v) is 18.1. The molecule has 1 aliphatic heterocycles. The zero-order chi connectivity index (χ0) is 21.5. The molecular weight excluding hydrogens is 386 g/mol. The van der Waals surface area contributed by atoms with E-state index in [4.69, 9.17) is 4.74 Å². The minimum Gasteiger partial charge on any atom is -0.497 e. The molecule has 2 aromatic rings. The van der Waals surface area contributed by atoms with Gasteiger partial charge in [0, 0.05) is 47.0 Å². The van der Waals surface area contributed by atoms with Gasteiger partial charge in [0.2, 0.25) is 0 Å². The molecule has 1 heterocycles. The summed E-state index contributed by atoms with van der Waals surface area (Å²) in [6, 6.07) is 16.2. The number of nitrogens with zero attached hydrogens (tertiary/aromatic N) is 1. The van der Waals surface area contributed by atoms with E-state index in [0.29, 0.717) is 12.8 Å². The van der Waals surface area contributed by atoms with E-state index >= 15 is 0 Å². The summed E-state index contributed by atoms with van der Waals surface area (Å²) < 4.78 is 5.33.